The Morgan fingerprint density at radius 3 is 2.24 bits per heavy atom. The van der Waals surface area contributed by atoms with Crippen molar-refractivity contribution in [1.82, 2.24) is 19.9 Å². The van der Waals surface area contributed by atoms with E-state index in [0.717, 1.165) is 23.0 Å². The quantitative estimate of drug-likeness (QED) is 0.328. The Kier molecular flexibility index (Phi) is 6.77. The van der Waals surface area contributed by atoms with Crippen LogP contribution < -0.4 is 10.2 Å². The second-order valence-corrected chi connectivity index (χ2v) is 10.3. The maximum atomic E-state index is 13.7. The van der Waals surface area contributed by atoms with Gasteiger partial charge < -0.3 is 10.2 Å². The summed E-state index contributed by atoms with van der Waals surface area (Å²) in [5.41, 5.74) is 3.69. The number of rotatable bonds is 4. The molecule has 4 aromatic rings. The third-order valence-electron chi connectivity index (χ3n) is 6.64. The molecule has 38 heavy (non-hydrogen) atoms. The Labute approximate surface area is 220 Å². The molecule has 0 saturated carbocycles. The summed E-state index contributed by atoms with van der Waals surface area (Å²) in [5, 5.41) is 3.45. The number of pyridine rings is 2. The van der Waals surface area contributed by atoms with Gasteiger partial charge in [0.15, 0.2) is 5.82 Å². The molecule has 4 heterocycles. The fourth-order valence-electron chi connectivity index (χ4n) is 4.58. The van der Waals surface area contributed by atoms with Gasteiger partial charge in [0.1, 0.15) is 17.3 Å². The van der Waals surface area contributed by atoms with Gasteiger partial charge in [0.05, 0.1) is 11.3 Å². The highest BCUT2D eigenvalue weighted by Crippen LogP contribution is 2.36. The topological polar surface area (TPSA) is 66.8 Å². The Morgan fingerprint density at radius 1 is 0.816 bits per heavy atom. The van der Waals surface area contributed by atoms with E-state index in [4.69, 9.17) is 9.97 Å². The average molecular weight is 519 g/mol. The molecule has 5 rings (SSSR count). The van der Waals surface area contributed by atoms with Crippen LogP contribution in [0.4, 0.5) is 30.5 Å². The first kappa shape index (κ1) is 25.6. The van der Waals surface area contributed by atoms with Gasteiger partial charge in [-0.25, -0.2) is 15.0 Å². The average Bonchev–Trinajstić information content (AvgIpc) is 3.11. The van der Waals surface area contributed by atoms with Crippen molar-refractivity contribution in [1.29, 1.82) is 0 Å². The summed E-state index contributed by atoms with van der Waals surface area (Å²) in [7, 11) is 0. The third kappa shape index (κ3) is 5.46. The monoisotopic (exact) mass is 518 g/mol. The Hall–Kier alpha value is -4.01. The summed E-state index contributed by atoms with van der Waals surface area (Å²) in [6.45, 7) is 7.20. The van der Waals surface area contributed by atoms with Crippen molar-refractivity contribution in [2.24, 2.45) is 0 Å². The molecular formula is C29H29F3N6. The van der Waals surface area contributed by atoms with E-state index in [0.29, 0.717) is 43.3 Å². The molecule has 196 valence electrons. The van der Waals surface area contributed by atoms with Gasteiger partial charge in [-0.05, 0) is 53.8 Å². The molecule has 1 aliphatic rings. The number of anilines is 3. The van der Waals surface area contributed by atoms with Crippen molar-refractivity contribution < 1.29 is 13.2 Å². The SMILES string of the molecule is CC(C)(C)c1ccc(Nc2nc(-c3ccccn3)nc3c2CCN(c2ncccc2C(F)(F)F)CC3)cc1. The van der Waals surface area contributed by atoms with Crippen molar-refractivity contribution in [3.8, 4) is 11.5 Å². The highest BCUT2D eigenvalue weighted by Gasteiger charge is 2.36. The fraction of sp³-hybridized carbons (Fsp3) is 0.310. The smallest absolute Gasteiger partial charge is 0.355 e. The minimum atomic E-state index is -4.49. The van der Waals surface area contributed by atoms with Gasteiger partial charge in [-0.2, -0.15) is 13.2 Å². The normalized spacial score (nSPS) is 14.1. The van der Waals surface area contributed by atoms with E-state index in [1.807, 2.05) is 30.3 Å². The minimum absolute atomic E-state index is 0.0286. The zero-order valence-corrected chi connectivity index (χ0v) is 21.5. The van der Waals surface area contributed by atoms with Crippen LogP contribution >= 0.6 is 0 Å². The van der Waals surface area contributed by atoms with E-state index in [1.54, 1.807) is 11.1 Å². The van der Waals surface area contributed by atoms with Crippen molar-refractivity contribution in [2.75, 3.05) is 23.3 Å². The maximum Gasteiger partial charge on any atom is 0.419 e. The standard InChI is InChI=1S/C29H29F3N6/c1-28(2,3)19-9-11-20(12-10-19)35-25-21-13-17-38(27-22(29(30,31)32)7-6-16-34-27)18-14-23(21)36-26(37-25)24-8-4-5-15-33-24/h4-12,15-16H,13-14,17-18H2,1-3H3,(H,35,36,37). The van der Waals surface area contributed by atoms with Gasteiger partial charge in [0.25, 0.3) is 0 Å². The van der Waals surface area contributed by atoms with E-state index in [-0.39, 0.29) is 11.2 Å². The zero-order valence-electron chi connectivity index (χ0n) is 21.5. The summed E-state index contributed by atoms with van der Waals surface area (Å²) < 4.78 is 41.1. The van der Waals surface area contributed by atoms with Crippen LogP contribution in [0.2, 0.25) is 0 Å². The second kappa shape index (κ2) is 10.0. The number of nitrogens with zero attached hydrogens (tertiary/aromatic N) is 5. The zero-order chi connectivity index (χ0) is 26.9. The molecule has 0 fully saturated rings. The molecule has 1 N–H and O–H groups in total. The van der Waals surface area contributed by atoms with Crippen LogP contribution in [0.5, 0.6) is 0 Å². The lowest BCUT2D eigenvalue weighted by atomic mass is 9.87. The first-order valence-corrected chi connectivity index (χ1v) is 12.6. The van der Waals surface area contributed by atoms with Gasteiger partial charge in [-0.3, -0.25) is 4.98 Å². The molecule has 0 bridgehead atoms. The lowest BCUT2D eigenvalue weighted by Crippen LogP contribution is -2.29. The molecule has 3 aromatic heterocycles. The molecular weight excluding hydrogens is 489 g/mol. The molecule has 1 aliphatic heterocycles. The summed E-state index contributed by atoms with van der Waals surface area (Å²) in [6.07, 6.45) is -0.488. The number of aromatic nitrogens is 4. The maximum absolute atomic E-state index is 13.7. The van der Waals surface area contributed by atoms with Gasteiger partial charge >= 0.3 is 6.18 Å². The summed E-state index contributed by atoms with van der Waals surface area (Å²) in [5.74, 6) is 1.05. The van der Waals surface area contributed by atoms with Gasteiger partial charge in [0.2, 0.25) is 0 Å². The Morgan fingerprint density at radius 2 is 1.55 bits per heavy atom. The number of hydrogen-bond acceptors (Lipinski definition) is 6. The second-order valence-electron chi connectivity index (χ2n) is 10.3. The molecule has 0 unspecified atom stereocenters. The van der Waals surface area contributed by atoms with E-state index < -0.39 is 11.7 Å². The molecule has 1 aromatic carbocycles. The first-order valence-electron chi connectivity index (χ1n) is 12.6. The predicted octanol–water partition coefficient (Wildman–Crippen LogP) is 6.60. The number of halogens is 3. The van der Waals surface area contributed by atoms with Crippen molar-refractivity contribution >= 4 is 17.3 Å². The van der Waals surface area contributed by atoms with Crippen molar-refractivity contribution in [2.45, 2.75) is 45.2 Å². The predicted molar refractivity (Wildman–Crippen MR) is 143 cm³/mol. The van der Waals surface area contributed by atoms with Crippen molar-refractivity contribution in [3.63, 3.8) is 0 Å². The summed E-state index contributed by atoms with van der Waals surface area (Å²) >= 11 is 0. The molecule has 0 radical (unpaired) electrons. The molecule has 0 atom stereocenters. The number of alkyl halides is 3. The van der Waals surface area contributed by atoms with E-state index >= 15 is 0 Å². The summed E-state index contributed by atoms with van der Waals surface area (Å²) in [6, 6.07) is 16.1. The van der Waals surface area contributed by atoms with Crippen LogP contribution in [0, 0.1) is 0 Å². The van der Waals surface area contributed by atoms with Crippen LogP contribution in [0.3, 0.4) is 0 Å². The van der Waals surface area contributed by atoms with Crippen LogP contribution in [0.1, 0.15) is 43.2 Å². The van der Waals surface area contributed by atoms with Crippen molar-refractivity contribution in [3.05, 3.63) is 89.4 Å². The summed E-state index contributed by atoms with van der Waals surface area (Å²) in [4.78, 5) is 19.8. The van der Waals surface area contributed by atoms with E-state index in [9.17, 15) is 13.2 Å². The van der Waals surface area contributed by atoms with Crippen LogP contribution in [-0.2, 0) is 24.4 Å². The van der Waals surface area contributed by atoms with Gasteiger partial charge in [0, 0.05) is 43.2 Å². The molecule has 9 heteroatoms. The lowest BCUT2D eigenvalue weighted by Gasteiger charge is -2.24. The number of hydrogen-bond donors (Lipinski definition) is 1. The minimum Gasteiger partial charge on any atom is -0.355 e. The number of fused-ring (bicyclic) bond motifs is 1. The molecule has 0 amide bonds. The van der Waals surface area contributed by atoms with Gasteiger partial charge in [-0.15, -0.1) is 0 Å². The third-order valence-corrected chi connectivity index (χ3v) is 6.64. The molecule has 6 nitrogen and oxygen atoms in total. The Bertz CT molecular complexity index is 1410. The Balaban J connectivity index is 1.51. The number of nitrogens with one attached hydrogen (secondary N) is 1. The fourth-order valence-corrected chi connectivity index (χ4v) is 4.58. The lowest BCUT2D eigenvalue weighted by molar-refractivity contribution is -0.137. The highest BCUT2D eigenvalue weighted by molar-refractivity contribution is 5.65. The van der Waals surface area contributed by atoms with Crippen LogP contribution in [0.15, 0.2) is 67.0 Å². The first-order chi connectivity index (χ1) is 18.1. The highest BCUT2D eigenvalue weighted by atomic mass is 19.4. The van der Waals surface area contributed by atoms with Crippen LogP contribution in [0.25, 0.3) is 11.5 Å². The van der Waals surface area contributed by atoms with Gasteiger partial charge in [-0.1, -0.05) is 39.0 Å². The molecule has 0 spiro atoms. The van der Waals surface area contributed by atoms with Crippen LogP contribution in [-0.4, -0.2) is 33.0 Å². The molecule has 0 saturated heterocycles. The van der Waals surface area contributed by atoms with E-state index in [2.05, 4.69) is 48.2 Å². The number of benzene rings is 1. The largest absolute Gasteiger partial charge is 0.419 e. The molecule has 0 aliphatic carbocycles. The van der Waals surface area contributed by atoms with E-state index in [1.165, 1.54) is 17.8 Å².